The summed E-state index contributed by atoms with van der Waals surface area (Å²) < 4.78 is 38.7. The number of carbonyl (C=O) groups is 1. The second kappa shape index (κ2) is 8.81. The second-order valence-corrected chi connectivity index (χ2v) is 11.5. The third-order valence-electron chi connectivity index (χ3n) is 7.05. The first-order valence-corrected chi connectivity index (χ1v) is 13.7. The molecule has 3 aliphatic rings. The molecule has 0 atom stereocenters. The van der Waals surface area contributed by atoms with Gasteiger partial charge in [0.2, 0.25) is 10.0 Å². The zero-order valence-electron chi connectivity index (χ0n) is 19.0. The van der Waals surface area contributed by atoms with E-state index in [0.717, 1.165) is 28.3 Å². The van der Waals surface area contributed by atoms with Crippen molar-refractivity contribution in [2.75, 3.05) is 26.2 Å². The van der Waals surface area contributed by atoms with Crippen molar-refractivity contribution in [1.82, 2.24) is 13.8 Å². The summed E-state index contributed by atoms with van der Waals surface area (Å²) in [6.07, 6.45) is 6.12. The summed E-state index contributed by atoms with van der Waals surface area (Å²) in [7, 11) is -3.70. The summed E-state index contributed by atoms with van der Waals surface area (Å²) in [5, 5.41) is 0. The molecule has 2 aliphatic heterocycles. The van der Waals surface area contributed by atoms with Gasteiger partial charge in [-0.1, -0.05) is 25.3 Å². The molecule has 2 aromatic rings. The Kier molecular flexibility index (Phi) is 6.00. The molecule has 2 fully saturated rings. The Hall–Kier alpha value is -2.30. The molecule has 0 unspecified atom stereocenters. The first kappa shape index (κ1) is 22.5. The van der Waals surface area contributed by atoms with Crippen LogP contribution >= 0.6 is 0 Å². The predicted octanol–water partition coefficient (Wildman–Crippen LogP) is 4.48. The molecule has 1 aromatic carbocycles. The van der Waals surface area contributed by atoms with Gasteiger partial charge in [-0.15, -0.1) is 0 Å². The fourth-order valence-corrected chi connectivity index (χ4v) is 7.50. The van der Waals surface area contributed by atoms with E-state index in [1.807, 2.05) is 13.0 Å². The summed E-state index contributed by atoms with van der Waals surface area (Å²) in [5.41, 5.74) is 3.91. The number of piperazine rings is 1. The number of amides is 1. The van der Waals surface area contributed by atoms with E-state index in [0.29, 0.717) is 30.5 Å². The molecule has 1 aliphatic carbocycles. The molecule has 1 amide bonds. The monoisotopic (exact) mass is 487 g/mol. The SMILES string of the molecule is Cc1cc(C(=O)N2CCN(S(=O)(=O)c3cccc4c3N=S=N4)CC2)c(C)n1C1CCCCC1. The number of sulfonamides is 1. The number of hydrogen-bond acceptors (Lipinski definition) is 5. The predicted molar refractivity (Wildman–Crippen MR) is 129 cm³/mol. The highest BCUT2D eigenvalue weighted by molar-refractivity contribution is 7.89. The third kappa shape index (κ3) is 3.98. The summed E-state index contributed by atoms with van der Waals surface area (Å²) in [5.74, 6) is -0.00647. The van der Waals surface area contributed by atoms with Crippen LogP contribution in [0.1, 0.15) is 59.9 Å². The maximum absolute atomic E-state index is 13.4. The van der Waals surface area contributed by atoms with Crippen LogP contribution in [0.4, 0.5) is 11.4 Å². The normalized spacial score (nSPS) is 19.5. The Morgan fingerprint density at radius 3 is 2.48 bits per heavy atom. The quantitative estimate of drug-likeness (QED) is 0.543. The molecule has 10 heteroatoms. The summed E-state index contributed by atoms with van der Waals surface area (Å²) in [6.45, 7) is 5.40. The number of benzene rings is 1. The third-order valence-corrected chi connectivity index (χ3v) is 9.52. The zero-order chi connectivity index (χ0) is 23.2. The van der Waals surface area contributed by atoms with E-state index in [9.17, 15) is 13.2 Å². The molecule has 5 rings (SSSR count). The van der Waals surface area contributed by atoms with Crippen LogP contribution in [-0.2, 0) is 21.4 Å². The lowest BCUT2D eigenvalue weighted by Crippen LogP contribution is -2.50. The standard InChI is InChI=1S/C23H29N5O3S2/c1-16-15-19(17(2)28(16)18-7-4-3-5-8-18)23(29)26-11-13-27(14-12-26)33(30,31)21-10-6-9-20-22(21)25-32-24-20/h6,9-10,15,18H,3-5,7-8,11-14H2,1-2H3. The van der Waals surface area contributed by atoms with Crippen molar-refractivity contribution in [2.24, 2.45) is 8.73 Å². The number of carbonyl (C=O) groups excluding carboxylic acids is 1. The van der Waals surface area contributed by atoms with Crippen molar-refractivity contribution < 1.29 is 13.2 Å². The lowest BCUT2D eigenvalue weighted by atomic mass is 9.95. The van der Waals surface area contributed by atoms with Gasteiger partial charge < -0.3 is 9.47 Å². The molecule has 0 radical (unpaired) electrons. The molecule has 1 saturated heterocycles. The summed E-state index contributed by atoms with van der Waals surface area (Å²) in [6, 6.07) is 7.52. The van der Waals surface area contributed by atoms with Gasteiger partial charge in [0.05, 0.1) is 16.9 Å². The maximum atomic E-state index is 13.4. The van der Waals surface area contributed by atoms with Gasteiger partial charge in [0, 0.05) is 43.6 Å². The van der Waals surface area contributed by atoms with Crippen molar-refractivity contribution in [2.45, 2.75) is 56.9 Å². The number of fused-ring (bicyclic) bond motifs is 1. The minimum absolute atomic E-state index is 0.00647. The second-order valence-electron chi connectivity index (χ2n) is 9.03. The topological polar surface area (TPSA) is 87.3 Å². The van der Waals surface area contributed by atoms with Crippen LogP contribution in [0, 0.1) is 13.8 Å². The molecule has 33 heavy (non-hydrogen) atoms. The van der Waals surface area contributed by atoms with Crippen LogP contribution in [0.15, 0.2) is 37.9 Å². The highest BCUT2D eigenvalue weighted by atomic mass is 32.2. The van der Waals surface area contributed by atoms with E-state index in [4.69, 9.17) is 0 Å². The Bertz CT molecular complexity index is 1260. The molecule has 3 heterocycles. The first-order valence-electron chi connectivity index (χ1n) is 11.6. The van der Waals surface area contributed by atoms with E-state index in [1.54, 1.807) is 23.1 Å². The molecule has 1 saturated carbocycles. The minimum atomic E-state index is -3.70. The van der Waals surface area contributed by atoms with Crippen LogP contribution in [0.25, 0.3) is 0 Å². The number of nitrogens with zero attached hydrogens (tertiary/aromatic N) is 5. The van der Waals surface area contributed by atoms with Crippen molar-refractivity contribution in [3.8, 4) is 0 Å². The number of rotatable bonds is 4. The van der Waals surface area contributed by atoms with Crippen molar-refractivity contribution in [3.05, 3.63) is 41.2 Å². The van der Waals surface area contributed by atoms with Gasteiger partial charge in [0.1, 0.15) is 16.3 Å². The van der Waals surface area contributed by atoms with E-state index in [2.05, 4.69) is 20.2 Å². The zero-order valence-corrected chi connectivity index (χ0v) is 20.7. The summed E-state index contributed by atoms with van der Waals surface area (Å²) in [4.78, 5) is 15.3. The summed E-state index contributed by atoms with van der Waals surface area (Å²) >= 11 is 1.01. The van der Waals surface area contributed by atoms with Gasteiger partial charge in [-0.2, -0.15) is 13.0 Å². The van der Waals surface area contributed by atoms with E-state index in [-0.39, 0.29) is 23.9 Å². The molecule has 8 nitrogen and oxygen atoms in total. The highest BCUT2D eigenvalue weighted by Gasteiger charge is 2.34. The van der Waals surface area contributed by atoms with E-state index >= 15 is 0 Å². The van der Waals surface area contributed by atoms with E-state index < -0.39 is 10.0 Å². The number of aromatic nitrogens is 1. The van der Waals surface area contributed by atoms with Gasteiger partial charge in [-0.3, -0.25) is 4.79 Å². The van der Waals surface area contributed by atoms with Crippen molar-refractivity contribution in [1.29, 1.82) is 0 Å². The fraction of sp³-hybridized carbons (Fsp3) is 0.522. The molecule has 0 bridgehead atoms. The largest absolute Gasteiger partial charge is 0.345 e. The smallest absolute Gasteiger partial charge is 0.255 e. The minimum Gasteiger partial charge on any atom is -0.345 e. The molecule has 0 spiro atoms. The van der Waals surface area contributed by atoms with Gasteiger partial charge in [-0.05, 0) is 44.9 Å². The lowest BCUT2D eigenvalue weighted by molar-refractivity contribution is 0.0697. The molecule has 0 N–H and O–H groups in total. The highest BCUT2D eigenvalue weighted by Crippen LogP contribution is 2.39. The average Bonchev–Trinajstić information content (AvgIpc) is 3.43. The van der Waals surface area contributed by atoms with Crippen molar-refractivity contribution >= 4 is 38.7 Å². The Morgan fingerprint density at radius 2 is 1.76 bits per heavy atom. The number of aryl methyl sites for hydroxylation is 1. The van der Waals surface area contributed by atoms with Gasteiger partial charge in [0.25, 0.3) is 5.91 Å². The lowest BCUT2D eigenvalue weighted by Gasteiger charge is -2.34. The van der Waals surface area contributed by atoms with E-state index in [1.165, 1.54) is 36.4 Å². The molecular formula is C23H29N5O3S2. The Balaban J connectivity index is 1.30. The van der Waals surface area contributed by atoms with Crippen LogP contribution in [0.5, 0.6) is 0 Å². The molecule has 176 valence electrons. The molecular weight excluding hydrogens is 458 g/mol. The van der Waals surface area contributed by atoms with Crippen molar-refractivity contribution in [3.63, 3.8) is 0 Å². The van der Waals surface area contributed by atoms with Crippen LogP contribution in [0.3, 0.4) is 0 Å². The average molecular weight is 488 g/mol. The van der Waals surface area contributed by atoms with Gasteiger partial charge in [0.15, 0.2) is 0 Å². The number of hydrogen-bond donors (Lipinski definition) is 0. The van der Waals surface area contributed by atoms with Gasteiger partial charge in [-0.25, -0.2) is 8.42 Å². The maximum Gasteiger partial charge on any atom is 0.255 e. The van der Waals surface area contributed by atoms with Crippen LogP contribution < -0.4 is 0 Å². The molecule has 1 aromatic heterocycles. The fourth-order valence-electron chi connectivity index (χ4n) is 5.33. The van der Waals surface area contributed by atoms with Gasteiger partial charge >= 0.3 is 0 Å². The Morgan fingerprint density at radius 1 is 1.03 bits per heavy atom. The Labute approximate surface area is 198 Å². The van der Waals surface area contributed by atoms with Crippen LogP contribution in [0.2, 0.25) is 0 Å². The first-order chi connectivity index (χ1) is 15.9. The van der Waals surface area contributed by atoms with Crippen LogP contribution in [-0.4, -0.2) is 54.3 Å².